The fraction of sp³-hybridized carbons (Fsp3) is 0.412. The Morgan fingerprint density at radius 2 is 1.88 bits per heavy atom. The van der Waals surface area contributed by atoms with Gasteiger partial charge in [0.15, 0.2) is 5.13 Å². The third kappa shape index (κ3) is 3.84. The second kappa shape index (κ2) is 7.17. The molecule has 0 radical (unpaired) electrons. The Kier molecular flexibility index (Phi) is 4.99. The predicted octanol–water partition coefficient (Wildman–Crippen LogP) is 3.76. The minimum absolute atomic E-state index is 0.113. The van der Waals surface area contributed by atoms with E-state index in [4.69, 9.17) is 0 Å². The van der Waals surface area contributed by atoms with Crippen LogP contribution < -0.4 is 10.2 Å². The predicted molar refractivity (Wildman–Crippen MR) is 95.4 cm³/mol. The summed E-state index contributed by atoms with van der Waals surface area (Å²) >= 11 is 1.52. The Labute approximate surface area is 145 Å². The summed E-state index contributed by atoms with van der Waals surface area (Å²) in [6, 6.07) is 6.35. The highest BCUT2D eigenvalue weighted by atomic mass is 32.1. The van der Waals surface area contributed by atoms with E-state index in [1.165, 1.54) is 23.5 Å². The SMILES string of the molecule is CC(C)c1cnc(NC(=O)N2CCN(c3ccc(F)cc3)CC2)s1. The summed E-state index contributed by atoms with van der Waals surface area (Å²) < 4.78 is 13.0. The van der Waals surface area contributed by atoms with Crippen molar-refractivity contribution < 1.29 is 9.18 Å². The zero-order valence-electron chi connectivity index (χ0n) is 13.8. The van der Waals surface area contributed by atoms with E-state index in [2.05, 4.69) is 29.0 Å². The summed E-state index contributed by atoms with van der Waals surface area (Å²) in [4.78, 5) is 21.7. The number of nitrogens with zero attached hydrogens (tertiary/aromatic N) is 3. The number of carbonyl (C=O) groups excluding carboxylic acids is 1. The van der Waals surface area contributed by atoms with Crippen LogP contribution in [0.1, 0.15) is 24.6 Å². The number of nitrogens with one attached hydrogen (secondary N) is 1. The average Bonchev–Trinajstić information content (AvgIpc) is 3.04. The molecule has 0 saturated carbocycles. The van der Waals surface area contributed by atoms with Crippen LogP contribution in [-0.4, -0.2) is 42.1 Å². The first-order valence-corrected chi connectivity index (χ1v) is 8.87. The van der Waals surface area contributed by atoms with Crippen LogP contribution in [0, 0.1) is 5.82 Å². The van der Waals surface area contributed by atoms with Gasteiger partial charge in [-0.3, -0.25) is 5.32 Å². The summed E-state index contributed by atoms with van der Waals surface area (Å²) in [5, 5.41) is 3.52. The van der Waals surface area contributed by atoms with E-state index in [9.17, 15) is 9.18 Å². The van der Waals surface area contributed by atoms with Gasteiger partial charge < -0.3 is 9.80 Å². The van der Waals surface area contributed by atoms with Crippen molar-refractivity contribution in [2.45, 2.75) is 19.8 Å². The number of halogens is 1. The van der Waals surface area contributed by atoms with Crippen molar-refractivity contribution in [1.82, 2.24) is 9.88 Å². The van der Waals surface area contributed by atoms with E-state index in [1.807, 2.05) is 6.20 Å². The van der Waals surface area contributed by atoms with Crippen molar-refractivity contribution in [2.24, 2.45) is 0 Å². The number of thiazole rings is 1. The molecule has 1 saturated heterocycles. The topological polar surface area (TPSA) is 48.5 Å². The first kappa shape index (κ1) is 16.7. The molecule has 1 aliphatic rings. The highest BCUT2D eigenvalue weighted by Crippen LogP contribution is 2.25. The number of piperazine rings is 1. The fourth-order valence-corrected chi connectivity index (χ4v) is 3.41. The largest absolute Gasteiger partial charge is 0.368 e. The lowest BCUT2D eigenvalue weighted by molar-refractivity contribution is 0.208. The molecule has 1 fully saturated rings. The zero-order valence-corrected chi connectivity index (χ0v) is 14.6. The summed E-state index contributed by atoms with van der Waals surface area (Å²) in [5.41, 5.74) is 0.984. The lowest BCUT2D eigenvalue weighted by Crippen LogP contribution is -2.50. The molecule has 0 aliphatic carbocycles. The Bertz CT molecular complexity index is 693. The van der Waals surface area contributed by atoms with E-state index >= 15 is 0 Å². The summed E-state index contributed by atoms with van der Waals surface area (Å²) in [5.74, 6) is 0.174. The van der Waals surface area contributed by atoms with E-state index in [1.54, 1.807) is 17.0 Å². The molecule has 0 unspecified atom stereocenters. The number of hydrogen-bond acceptors (Lipinski definition) is 4. The monoisotopic (exact) mass is 348 g/mol. The lowest BCUT2D eigenvalue weighted by atomic mass is 10.2. The highest BCUT2D eigenvalue weighted by molar-refractivity contribution is 7.15. The molecule has 7 heteroatoms. The summed E-state index contributed by atoms with van der Waals surface area (Å²) in [6.45, 7) is 6.93. The van der Waals surface area contributed by atoms with Crippen molar-refractivity contribution in [3.05, 3.63) is 41.2 Å². The van der Waals surface area contributed by atoms with Crippen molar-refractivity contribution in [2.75, 3.05) is 36.4 Å². The highest BCUT2D eigenvalue weighted by Gasteiger charge is 2.22. The number of aromatic nitrogens is 1. The minimum Gasteiger partial charge on any atom is -0.368 e. The molecule has 5 nitrogen and oxygen atoms in total. The lowest BCUT2D eigenvalue weighted by Gasteiger charge is -2.35. The van der Waals surface area contributed by atoms with Gasteiger partial charge in [-0.15, -0.1) is 11.3 Å². The van der Waals surface area contributed by atoms with E-state index in [-0.39, 0.29) is 11.8 Å². The Hall–Kier alpha value is -2.15. The van der Waals surface area contributed by atoms with Gasteiger partial charge in [0.1, 0.15) is 5.82 Å². The number of anilines is 2. The van der Waals surface area contributed by atoms with Crippen LogP contribution in [0.2, 0.25) is 0 Å². The standard InChI is InChI=1S/C17H21FN4OS/c1-12(2)15-11-19-16(24-15)20-17(23)22-9-7-21(8-10-22)14-5-3-13(18)4-6-14/h3-6,11-12H,7-10H2,1-2H3,(H,19,20,23). The zero-order chi connectivity index (χ0) is 17.1. The second-order valence-electron chi connectivity index (χ2n) is 6.10. The molecule has 3 rings (SSSR count). The van der Waals surface area contributed by atoms with Crippen molar-refractivity contribution in [1.29, 1.82) is 0 Å². The van der Waals surface area contributed by atoms with Gasteiger partial charge in [0.05, 0.1) is 0 Å². The summed E-state index contributed by atoms with van der Waals surface area (Å²) in [7, 11) is 0. The number of amides is 2. The van der Waals surface area contributed by atoms with Gasteiger partial charge in [-0.2, -0.15) is 0 Å². The quantitative estimate of drug-likeness (QED) is 0.919. The van der Waals surface area contributed by atoms with Crippen LogP contribution in [0.3, 0.4) is 0 Å². The van der Waals surface area contributed by atoms with Crippen molar-refractivity contribution in [3.8, 4) is 0 Å². The molecule has 0 bridgehead atoms. The minimum atomic E-state index is -0.235. The van der Waals surface area contributed by atoms with E-state index < -0.39 is 0 Å². The molecule has 1 aliphatic heterocycles. The van der Waals surface area contributed by atoms with Crippen LogP contribution in [0.15, 0.2) is 30.5 Å². The number of rotatable bonds is 3. The van der Waals surface area contributed by atoms with Crippen molar-refractivity contribution >= 4 is 28.2 Å². The molecule has 128 valence electrons. The van der Waals surface area contributed by atoms with Gasteiger partial charge in [0.25, 0.3) is 0 Å². The van der Waals surface area contributed by atoms with Crippen LogP contribution in [-0.2, 0) is 0 Å². The smallest absolute Gasteiger partial charge is 0.323 e. The van der Waals surface area contributed by atoms with Gasteiger partial charge in [0.2, 0.25) is 0 Å². The first-order valence-electron chi connectivity index (χ1n) is 8.05. The third-order valence-corrected chi connectivity index (χ3v) is 5.28. The van der Waals surface area contributed by atoms with Gasteiger partial charge in [-0.1, -0.05) is 13.8 Å². The van der Waals surface area contributed by atoms with Crippen LogP contribution in [0.4, 0.5) is 20.0 Å². The van der Waals surface area contributed by atoms with E-state index in [0.29, 0.717) is 24.1 Å². The number of carbonyl (C=O) groups is 1. The van der Waals surface area contributed by atoms with Gasteiger partial charge >= 0.3 is 6.03 Å². The third-order valence-electron chi connectivity index (χ3n) is 4.07. The normalized spacial score (nSPS) is 15.0. The fourth-order valence-electron chi connectivity index (χ4n) is 2.60. The molecule has 2 heterocycles. The number of hydrogen-bond donors (Lipinski definition) is 1. The Balaban J connectivity index is 1.53. The maximum absolute atomic E-state index is 13.0. The molecular formula is C17H21FN4OS. The summed E-state index contributed by atoms with van der Waals surface area (Å²) in [6.07, 6.45) is 1.82. The van der Waals surface area contributed by atoms with Gasteiger partial charge in [0, 0.05) is 42.9 Å². The van der Waals surface area contributed by atoms with Gasteiger partial charge in [-0.25, -0.2) is 14.2 Å². The Morgan fingerprint density at radius 1 is 1.21 bits per heavy atom. The first-order chi connectivity index (χ1) is 11.5. The molecule has 0 atom stereocenters. The molecular weight excluding hydrogens is 327 g/mol. The van der Waals surface area contributed by atoms with E-state index in [0.717, 1.165) is 23.7 Å². The van der Waals surface area contributed by atoms with Crippen LogP contribution in [0.25, 0.3) is 0 Å². The second-order valence-corrected chi connectivity index (χ2v) is 7.17. The number of benzene rings is 1. The molecule has 1 N–H and O–H groups in total. The molecule has 1 aromatic heterocycles. The molecule has 24 heavy (non-hydrogen) atoms. The molecule has 0 spiro atoms. The van der Waals surface area contributed by atoms with Crippen molar-refractivity contribution in [3.63, 3.8) is 0 Å². The molecule has 2 amide bonds. The van der Waals surface area contributed by atoms with Crippen LogP contribution >= 0.6 is 11.3 Å². The Morgan fingerprint density at radius 3 is 2.46 bits per heavy atom. The average molecular weight is 348 g/mol. The molecule has 2 aromatic rings. The van der Waals surface area contributed by atoms with Crippen LogP contribution in [0.5, 0.6) is 0 Å². The maximum Gasteiger partial charge on any atom is 0.323 e. The molecule has 1 aromatic carbocycles. The van der Waals surface area contributed by atoms with Gasteiger partial charge in [-0.05, 0) is 30.2 Å². The number of urea groups is 1. The maximum atomic E-state index is 13.0.